The lowest BCUT2D eigenvalue weighted by molar-refractivity contribution is -0.150. The first kappa shape index (κ1) is 20.2. The second-order valence-corrected chi connectivity index (χ2v) is 6.82. The zero-order chi connectivity index (χ0) is 18.6. The molecule has 0 fully saturated rings. The average Bonchev–Trinajstić information content (AvgIpc) is 2.67. The SMILES string of the molecule is CCCOC(=O)CCCC(=O)OC(CC1C=CCCC1)c1ccccc1. The van der Waals surface area contributed by atoms with Crippen LogP contribution in [0.4, 0.5) is 0 Å². The standard InChI is InChI=1S/C22H30O4/c1-2-16-25-21(23)14-9-15-22(24)26-20(19-12-7-4-8-13-19)17-18-10-5-3-6-11-18/h4-5,7-8,10,12-13,18,20H,2-3,6,9,11,14-17H2,1H3. The van der Waals surface area contributed by atoms with E-state index < -0.39 is 0 Å². The van der Waals surface area contributed by atoms with Gasteiger partial charge in [0.2, 0.25) is 0 Å². The van der Waals surface area contributed by atoms with Gasteiger partial charge in [-0.2, -0.15) is 0 Å². The van der Waals surface area contributed by atoms with Crippen LogP contribution in [0.15, 0.2) is 42.5 Å². The second kappa shape index (κ2) is 11.5. The smallest absolute Gasteiger partial charge is 0.306 e. The molecule has 0 N–H and O–H groups in total. The van der Waals surface area contributed by atoms with Crippen molar-refractivity contribution in [2.24, 2.45) is 5.92 Å². The molecular weight excluding hydrogens is 328 g/mol. The summed E-state index contributed by atoms with van der Waals surface area (Å²) in [5.41, 5.74) is 1.03. The van der Waals surface area contributed by atoms with Crippen LogP contribution < -0.4 is 0 Å². The lowest BCUT2D eigenvalue weighted by atomic mass is 9.89. The van der Waals surface area contributed by atoms with E-state index in [9.17, 15) is 9.59 Å². The molecule has 4 nitrogen and oxygen atoms in total. The first-order valence-electron chi connectivity index (χ1n) is 9.75. The van der Waals surface area contributed by atoms with E-state index in [2.05, 4.69) is 12.2 Å². The summed E-state index contributed by atoms with van der Waals surface area (Å²) in [7, 11) is 0. The molecule has 0 amide bonds. The predicted octanol–water partition coefficient (Wildman–Crippen LogP) is 5.14. The van der Waals surface area contributed by atoms with Crippen LogP contribution in [-0.4, -0.2) is 18.5 Å². The minimum Gasteiger partial charge on any atom is -0.466 e. The second-order valence-electron chi connectivity index (χ2n) is 6.82. The minimum absolute atomic E-state index is 0.233. The Labute approximate surface area is 156 Å². The van der Waals surface area contributed by atoms with Crippen molar-refractivity contribution < 1.29 is 19.1 Å². The van der Waals surface area contributed by atoms with Gasteiger partial charge in [-0.15, -0.1) is 0 Å². The highest BCUT2D eigenvalue weighted by molar-refractivity contribution is 5.72. The first-order valence-corrected chi connectivity index (χ1v) is 9.75. The van der Waals surface area contributed by atoms with Crippen molar-refractivity contribution >= 4 is 11.9 Å². The molecule has 0 spiro atoms. The molecule has 2 atom stereocenters. The zero-order valence-electron chi connectivity index (χ0n) is 15.7. The molecule has 2 unspecified atom stereocenters. The summed E-state index contributed by atoms with van der Waals surface area (Å²) in [4.78, 5) is 23.8. The molecule has 1 aromatic carbocycles. The molecule has 0 aliphatic heterocycles. The molecule has 142 valence electrons. The lowest BCUT2D eigenvalue weighted by Crippen LogP contribution is -2.16. The van der Waals surface area contributed by atoms with Gasteiger partial charge in [0.25, 0.3) is 0 Å². The highest BCUT2D eigenvalue weighted by Crippen LogP contribution is 2.31. The van der Waals surface area contributed by atoms with E-state index in [0.29, 0.717) is 18.9 Å². The van der Waals surface area contributed by atoms with Crippen molar-refractivity contribution in [2.75, 3.05) is 6.61 Å². The van der Waals surface area contributed by atoms with Crippen LogP contribution in [0.25, 0.3) is 0 Å². The molecule has 2 rings (SSSR count). The summed E-state index contributed by atoms with van der Waals surface area (Å²) in [6.45, 7) is 2.39. The Morgan fingerprint density at radius 2 is 1.92 bits per heavy atom. The number of allylic oxidation sites excluding steroid dienone is 2. The predicted molar refractivity (Wildman–Crippen MR) is 101 cm³/mol. The largest absolute Gasteiger partial charge is 0.466 e. The molecule has 1 aliphatic carbocycles. The molecule has 0 saturated carbocycles. The third-order valence-electron chi connectivity index (χ3n) is 4.54. The van der Waals surface area contributed by atoms with Gasteiger partial charge in [0.05, 0.1) is 6.61 Å². The average molecular weight is 358 g/mol. The van der Waals surface area contributed by atoms with E-state index in [4.69, 9.17) is 9.47 Å². The number of carbonyl (C=O) groups excluding carboxylic acids is 2. The van der Waals surface area contributed by atoms with Crippen LogP contribution in [0.2, 0.25) is 0 Å². The van der Waals surface area contributed by atoms with Gasteiger partial charge in [-0.25, -0.2) is 0 Å². The summed E-state index contributed by atoms with van der Waals surface area (Å²) >= 11 is 0. The third kappa shape index (κ3) is 7.42. The van der Waals surface area contributed by atoms with E-state index in [1.54, 1.807) is 0 Å². The Hall–Kier alpha value is -2.10. The highest BCUT2D eigenvalue weighted by Gasteiger charge is 2.21. The minimum atomic E-state index is -0.248. The number of esters is 2. The van der Waals surface area contributed by atoms with E-state index >= 15 is 0 Å². The summed E-state index contributed by atoms with van der Waals surface area (Å²) < 4.78 is 10.8. The fourth-order valence-corrected chi connectivity index (χ4v) is 3.16. The van der Waals surface area contributed by atoms with E-state index in [1.807, 2.05) is 37.3 Å². The van der Waals surface area contributed by atoms with Gasteiger partial charge in [-0.1, -0.05) is 49.4 Å². The Balaban J connectivity index is 1.85. The van der Waals surface area contributed by atoms with Crippen LogP contribution in [0.3, 0.4) is 0 Å². The van der Waals surface area contributed by atoms with Crippen molar-refractivity contribution in [3.63, 3.8) is 0 Å². The van der Waals surface area contributed by atoms with Gasteiger partial charge in [0, 0.05) is 12.8 Å². The fraction of sp³-hybridized carbons (Fsp3) is 0.545. The highest BCUT2D eigenvalue weighted by atomic mass is 16.5. The molecule has 26 heavy (non-hydrogen) atoms. The normalized spacial score (nSPS) is 17.5. The molecule has 1 aromatic rings. The number of rotatable bonds is 10. The Morgan fingerprint density at radius 3 is 2.62 bits per heavy atom. The van der Waals surface area contributed by atoms with Gasteiger partial charge in [0.1, 0.15) is 6.10 Å². The summed E-state index contributed by atoms with van der Waals surface area (Å²) in [6.07, 6.45) is 10.3. The van der Waals surface area contributed by atoms with Gasteiger partial charge in [-0.3, -0.25) is 9.59 Å². The molecule has 4 heteroatoms. The van der Waals surface area contributed by atoms with Crippen LogP contribution in [0, 0.1) is 5.92 Å². The van der Waals surface area contributed by atoms with Crippen LogP contribution in [0.5, 0.6) is 0 Å². The number of hydrogen-bond acceptors (Lipinski definition) is 4. The van der Waals surface area contributed by atoms with Crippen molar-refractivity contribution in [3.05, 3.63) is 48.0 Å². The Morgan fingerprint density at radius 1 is 1.15 bits per heavy atom. The lowest BCUT2D eigenvalue weighted by Gasteiger charge is -2.24. The molecule has 0 saturated heterocycles. The van der Waals surface area contributed by atoms with Gasteiger partial charge >= 0.3 is 11.9 Å². The van der Waals surface area contributed by atoms with E-state index in [1.165, 1.54) is 6.42 Å². The van der Waals surface area contributed by atoms with Crippen LogP contribution >= 0.6 is 0 Å². The number of benzene rings is 1. The summed E-state index contributed by atoms with van der Waals surface area (Å²) in [5, 5.41) is 0. The molecule has 0 bridgehead atoms. The zero-order valence-corrected chi connectivity index (χ0v) is 15.7. The summed E-state index contributed by atoms with van der Waals surface area (Å²) in [6, 6.07) is 9.91. The van der Waals surface area contributed by atoms with Crippen molar-refractivity contribution in [2.45, 2.75) is 64.4 Å². The third-order valence-corrected chi connectivity index (χ3v) is 4.54. The first-order chi connectivity index (χ1) is 12.7. The Bertz CT molecular complexity index is 579. The van der Waals surface area contributed by atoms with E-state index in [-0.39, 0.29) is 30.9 Å². The van der Waals surface area contributed by atoms with Gasteiger partial charge in [-0.05, 0) is 50.0 Å². The molecule has 0 radical (unpaired) electrons. The van der Waals surface area contributed by atoms with Gasteiger partial charge < -0.3 is 9.47 Å². The quantitative estimate of drug-likeness (QED) is 0.429. The summed E-state index contributed by atoms with van der Waals surface area (Å²) in [5.74, 6) is -0.0423. The number of carbonyl (C=O) groups is 2. The van der Waals surface area contributed by atoms with Crippen molar-refractivity contribution in [1.29, 1.82) is 0 Å². The van der Waals surface area contributed by atoms with Crippen molar-refractivity contribution in [3.8, 4) is 0 Å². The topological polar surface area (TPSA) is 52.6 Å². The Kier molecular flexibility index (Phi) is 8.94. The maximum absolute atomic E-state index is 12.3. The maximum Gasteiger partial charge on any atom is 0.306 e. The number of ether oxygens (including phenoxy) is 2. The van der Waals surface area contributed by atoms with Crippen molar-refractivity contribution in [1.82, 2.24) is 0 Å². The van der Waals surface area contributed by atoms with Gasteiger partial charge in [0.15, 0.2) is 0 Å². The maximum atomic E-state index is 12.3. The van der Waals surface area contributed by atoms with Crippen LogP contribution in [0.1, 0.15) is 70.0 Å². The number of hydrogen-bond donors (Lipinski definition) is 0. The molecule has 0 aromatic heterocycles. The molecule has 1 aliphatic rings. The molecule has 0 heterocycles. The van der Waals surface area contributed by atoms with E-state index in [0.717, 1.165) is 31.2 Å². The molecular formula is C22H30O4. The fourth-order valence-electron chi connectivity index (χ4n) is 3.16. The van der Waals surface area contributed by atoms with Crippen LogP contribution in [-0.2, 0) is 19.1 Å². The monoisotopic (exact) mass is 358 g/mol.